The number of amides is 2. The van der Waals surface area contributed by atoms with E-state index in [0.717, 1.165) is 24.0 Å². The Morgan fingerprint density at radius 2 is 2.03 bits per heavy atom. The normalized spacial score (nSPS) is 16.9. The number of urea groups is 1. The number of hydrogen-bond donors (Lipinski definition) is 2. The first kappa shape index (κ1) is 20.9. The molecule has 2 amide bonds. The Kier molecular flexibility index (Phi) is 7.30. The minimum atomic E-state index is -0.340. The molecule has 0 saturated carbocycles. The molecule has 7 heteroatoms. The van der Waals surface area contributed by atoms with Crippen molar-refractivity contribution in [3.63, 3.8) is 0 Å². The molecular formula is C22H27FN2O4. The zero-order chi connectivity index (χ0) is 20.6. The van der Waals surface area contributed by atoms with Crippen LogP contribution in [0.1, 0.15) is 36.9 Å². The lowest BCUT2D eigenvalue weighted by atomic mass is 9.99. The molecule has 2 unspecified atom stereocenters. The molecule has 2 aromatic carbocycles. The Labute approximate surface area is 170 Å². The summed E-state index contributed by atoms with van der Waals surface area (Å²) in [5.41, 5.74) is 1.70. The molecule has 2 N–H and O–H groups in total. The van der Waals surface area contributed by atoms with Gasteiger partial charge >= 0.3 is 6.03 Å². The van der Waals surface area contributed by atoms with E-state index < -0.39 is 0 Å². The molecule has 1 fully saturated rings. The molecular weight excluding hydrogens is 375 g/mol. The molecule has 0 aromatic heterocycles. The summed E-state index contributed by atoms with van der Waals surface area (Å²) in [5.74, 6) is 0.974. The van der Waals surface area contributed by atoms with Gasteiger partial charge in [-0.05, 0) is 55.2 Å². The lowest BCUT2D eigenvalue weighted by molar-refractivity contribution is 0.0807. The van der Waals surface area contributed by atoms with Crippen LogP contribution in [0.4, 0.5) is 9.18 Å². The third kappa shape index (κ3) is 5.60. The molecule has 2 aromatic rings. The van der Waals surface area contributed by atoms with Crippen LogP contribution < -0.4 is 20.1 Å². The van der Waals surface area contributed by atoms with Crippen molar-refractivity contribution in [2.75, 3.05) is 20.3 Å². The Bertz CT molecular complexity index is 807. The molecule has 29 heavy (non-hydrogen) atoms. The van der Waals surface area contributed by atoms with Crippen LogP contribution in [0.5, 0.6) is 11.5 Å². The van der Waals surface area contributed by atoms with Crippen molar-refractivity contribution < 1.29 is 23.4 Å². The predicted octanol–water partition coefficient (Wildman–Crippen LogP) is 3.95. The maximum absolute atomic E-state index is 13.3. The fourth-order valence-corrected chi connectivity index (χ4v) is 3.40. The maximum atomic E-state index is 13.3. The zero-order valence-corrected chi connectivity index (χ0v) is 16.7. The van der Waals surface area contributed by atoms with E-state index in [0.29, 0.717) is 31.3 Å². The van der Waals surface area contributed by atoms with Crippen molar-refractivity contribution in [1.29, 1.82) is 0 Å². The van der Waals surface area contributed by atoms with Gasteiger partial charge in [0, 0.05) is 13.2 Å². The highest BCUT2D eigenvalue weighted by atomic mass is 19.1. The molecule has 1 aliphatic rings. The summed E-state index contributed by atoms with van der Waals surface area (Å²) in [7, 11) is 1.58. The second-order valence-electron chi connectivity index (χ2n) is 6.83. The van der Waals surface area contributed by atoms with Gasteiger partial charge in [-0.3, -0.25) is 0 Å². The van der Waals surface area contributed by atoms with Gasteiger partial charge in [-0.2, -0.15) is 0 Å². The highest BCUT2D eigenvalue weighted by Crippen LogP contribution is 2.29. The van der Waals surface area contributed by atoms with E-state index in [4.69, 9.17) is 14.2 Å². The van der Waals surface area contributed by atoms with Gasteiger partial charge in [0.25, 0.3) is 0 Å². The molecule has 6 nitrogen and oxygen atoms in total. The number of hydrogen-bond acceptors (Lipinski definition) is 4. The van der Waals surface area contributed by atoms with Crippen molar-refractivity contribution in [2.45, 2.75) is 38.5 Å². The zero-order valence-electron chi connectivity index (χ0n) is 16.7. The first-order valence-electron chi connectivity index (χ1n) is 9.82. The molecule has 156 valence electrons. The van der Waals surface area contributed by atoms with Gasteiger partial charge in [0.2, 0.25) is 0 Å². The van der Waals surface area contributed by atoms with Crippen molar-refractivity contribution in [3.05, 3.63) is 59.4 Å². The molecule has 2 atom stereocenters. The van der Waals surface area contributed by atoms with E-state index in [2.05, 4.69) is 10.6 Å². The number of carbonyl (C=O) groups is 1. The summed E-state index contributed by atoms with van der Waals surface area (Å²) in [6.07, 6.45) is 1.66. The monoisotopic (exact) mass is 402 g/mol. The van der Waals surface area contributed by atoms with E-state index in [1.54, 1.807) is 19.2 Å². The van der Waals surface area contributed by atoms with Crippen LogP contribution in [0.15, 0.2) is 42.5 Å². The molecule has 1 heterocycles. The largest absolute Gasteiger partial charge is 0.493 e. The van der Waals surface area contributed by atoms with Gasteiger partial charge in [0.05, 0.1) is 25.9 Å². The minimum absolute atomic E-state index is 0.128. The average Bonchev–Trinajstić information content (AvgIpc) is 3.27. The molecule has 0 radical (unpaired) electrons. The highest BCUT2D eigenvalue weighted by molar-refractivity contribution is 5.74. The Morgan fingerprint density at radius 3 is 2.69 bits per heavy atom. The molecule has 1 saturated heterocycles. The minimum Gasteiger partial charge on any atom is -0.493 e. The molecule has 3 rings (SSSR count). The number of methoxy groups -OCH3 is 1. The number of benzene rings is 2. The summed E-state index contributed by atoms with van der Waals surface area (Å²) in [5, 5.41) is 5.83. The molecule has 1 aliphatic heterocycles. The number of halogens is 1. The SMILES string of the molecule is CCOc1ccc(CNC(=O)NC(c2ccc(F)cc2)C2CCCO2)cc1OC. The van der Waals surface area contributed by atoms with Crippen LogP contribution in [0.25, 0.3) is 0 Å². The summed E-state index contributed by atoms with van der Waals surface area (Å²) in [6.45, 7) is 3.45. The lowest BCUT2D eigenvalue weighted by Gasteiger charge is -2.25. The smallest absolute Gasteiger partial charge is 0.315 e. The van der Waals surface area contributed by atoms with E-state index in [1.807, 2.05) is 25.1 Å². The summed E-state index contributed by atoms with van der Waals surface area (Å²) < 4.78 is 29.9. The highest BCUT2D eigenvalue weighted by Gasteiger charge is 2.28. The van der Waals surface area contributed by atoms with Gasteiger partial charge in [-0.15, -0.1) is 0 Å². The van der Waals surface area contributed by atoms with Crippen LogP contribution in [-0.2, 0) is 11.3 Å². The van der Waals surface area contributed by atoms with Crippen molar-refractivity contribution in [1.82, 2.24) is 10.6 Å². The van der Waals surface area contributed by atoms with Crippen LogP contribution in [0.2, 0.25) is 0 Å². The maximum Gasteiger partial charge on any atom is 0.315 e. The van der Waals surface area contributed by atoms with Crippen LogP contribution >= 0.6 is 0 Å². The lowest BCUT2D eigenvalue weighted by Crippen LogP contribution is -2.42. The van der Waals surface area contributed by atoms with E-state index in [1.165, 1.54) is 12.1 Å². The number of carbonyl (C=O) groups excluding carboxylic acids is 1. The molecule has 0 bridgehead atoms. The van der Waals surface area contributed by atoms with Crippen LogP contribution in [0, 0.1) is 5.82 Å². The van der Waals surface area contributed by atoms with Crippen molar-refractivity contribution in [2.24, 2.45) is 0 Å². The van der Waals surface area contributed by atoms with Crippen LogP contribution in [0.3, 0.4) is 0 Å². The first-order chi connectivity index (χ1) is 14.1. The topological polar surface area (TPSA) is 68.8 Å². The fourth-order valence-electron chi connectivity index (χ4n) is 3.40. The van der Waals surface area contributed by atoms with Gasteiger partial charge in [0.15, 0.2) is 11.5 Å². The fraction of sp³-hybridized carbons (Fsp3) is 0.409. The van der Waals surface area contributed by atoms with E-state index in [-0.39, 0.29) is 24.0 Å². The summed E-state index contributed by atoms with van der Waals surface area (Å²) >= 11 is 0. The standard InChI is InChI=1S/C22H27FN2O4/c1-3-28-18-11-6-15(13-20(18)27-2)14-24-22(26)25-21(19-5-4-12-29-19)16-7-9-17(23)10-8-16/h6-11,13,19,21H,3-5,12,14H2,1-2H3,(H2,24,25,26). The average molecular weight is 402 g/mol. The summed E-state index contributed by atoms with van der Waals surface area (Å²) in [4.78, 5) is 12.5. The van der Waals surface area contributed by atoms with Crippen molar-refractivity contribution >= 4 is 6.03 Å². The van der Waals surface area contributed by atoms with E-state index >= 15 is 0 Å². The summed E-state index contributed by atoms with van der Waals surface area (Å²) in [6, 6.07) is 11.0. The van der Waals surface area contributed by atoms with Crippen molar-refractivity contribution in [3.8, 4) is 11.5 Å². The van der Waals surface area contributed by atoms with Gasteiger partial charge < -0.3 is 24.8 Å². The molecule has 0 aliphatic carbocycles. The third-order valence-electron chi connectivity index (χ3n) is 4.83. The van der Waals surface area contributed by atoms with E-state index in [9.17, 15) is 9.18 Å². The Morgan fingerprint density at radius 1 is 1.24 bits per heavy atom. The number of ether oxygens (including phenoxy) is 3. The quantitative estimate of drug-likeness (QED) is 0.702. The predicted molar refractivity (Wildman–Crippen MR) is 108 cm³/mol. The Hall–Kier alpha value is -2.80. The van der Waals surface area contributed by atoms with Crippen LogP contribution in [-0.4, -0.2) is 32.5 Å². The third-order valence-corrected chi connectivity index (χ3v) is 4.83. The number of rotatable bonds is 8. The van der Waals surface area contributed by atoms with Gasteiger partial charge in [-0.25, -0.2) is 9.18 Å². The number of nitrogens with one attached hydrogen (secondary N) is 2. The Balaban J connectivity index is 1.63. The van der Waals surface area contributed by atoms with Gasteiger partial charge in [0.1, 0.15) is 5.82 Å². The second-order valence-corrected chi connectivity index (χ2v) is 6.83. The van der Waals surface area contributed by atoms with Gasteiger partial charge in [-0.1, -0.05) is 18.2 Å². The second kappa shape index (κ2) is 10.1. The molecule has 0 spiro atoms. The first-order valence-corrected chi connectivity index (χ1v) is 9.82.